The summed E-state index contributed by atoms with van der Waals surface area (Å²) in [6, 6.07) is 6.60. The van der Waals surface area contributed by atoms with Gasteiger partial charge in [-0.25, -0.2) is 4.39 Å². The quantitative estimate of drug-likeness (QED) is 0.884. The van der Waals surface area contributed by atoms with Crippen LogP contribution in [0.4, 0.5) is 4.39 Å². The molecule has 19 heavy (non-hydrogen) atoms. The van der Waals surface area contributed by atoms with Crippen LogP contribution in [0, 0.1) is 11.7 Å². The normalized spacial score (nSPS) is 18.5. The fraction of sp³-hybridized carbons (Fsp3) is 0.533. The van der Waals surface area contributed by atoms with E-state index < -0.39 is 0 Å². The van der Waals surface area contributed by atoms with E-state index >= 15 is 0 Å². The molecule has 1 amide bonds. The van der Waals surface area contributed by atoms with Crippen LogP contribution in [0.5, 0.6) is 0 Å². The van der Waals surface area contributed by atoms with E-state index in [-0.39, 0.29) is 11.7 Å². The summed E-state index contributed by atoms with van der Waals surface area (Å²) in [5, 5.41) is 3.30. The lowest BCUT2D eigenvalue weighted by molar-refractivity contribution is -0.130. The molecule has 0 bridgehead atoms. The van der Waals surface area contributed by atoms with Crippen LogP contribution >= 0.6 is 0 Å². The zero-order valence-electron chi connectivity index (χ0n) is 11.4. The van der Waals surface area contributed by atoms with Gasteiger partial charge in [0.1, 0.15) is 5.82 Å². The Morgan fingerprint density at radius 1 is 1.47 bits per heavy atom. The number of nitrogens with one attached hydrogen (secondary N) is 1. The largest absolute Gasteiger partial charge is 0.341 e. The number of rotatable bonds is 5. The molecule has 0 saturated carbocycles. The maximum atomic E-state index is 13.5. The van der Waals surface area contributed by atoms with Crippen molar-refractivity contribution in [3.05, 3.63) is 35.6 Å². The molecule has 1 fully saturated rings. The van der Waals surface area contributed by atoms with Crippen LogP contribution in [-0.2, 0) is 11.3 Å². The van der Waals surface area contributed by atoms with Crippen molar-refractivity contribution in [2.45, 2.75) is 25.8 Å². The van der Waals surface area contributed by atoms with Gasteiger partial charge in [-0.3, -0.25) is 4.79 Å². The number of carbonyl (C=O) groups excluding carboxylic acids is 1. The van der Waals surface area contributed by atoms with E-state index in [0.29, 0.717) is 24.4 Å². The Morgan fingerprint density at radius 2 is 2.26 bits per heavy atom. The minimum absolute atomic E-state index is 0.0927. The zero-order valence-corrected chi connectivity index (χ0v) is 11.4. The van der Waals surface area contributed by atoms with E-state index in [9.17, 15) is 9.18 Å². The van der Waals surface area contributed by atoms with E-state index in [0.717, 1.165) is 25.9 Å². The monoisotopic (exact) mass is 264 g/mol. The van der Waals surface area contributed by atoms with Gasteiger partial charge in [0, 0.05) is 25.6 Å². The summed E-state index contributed by atoms with van der Waals surface area (Å²) in [5.41, 5.74) is 0.570. The number of hydrogen-bond donors (Lipinski definition) is 1. The molecule has 1 aliphatic heterocycles. The molecule has 1 heterocycles. The van der Waals surface area contributed by atoms with Crippen LogP contribution in [0.1, 0.15) is 24.8 Å². The molecule has 3 nitrogen and oxygen atoms in total. The first-order valence-electron chi connectivity index (χ1n) is 6.85. The zero-order chi connectivity index (χ0) is 13.7. The van der Waals surface area contributed by atoms with Crippen LogP contribution < -0.4 is 5.32 Å². The average molecular weight is 264 g/mol. The predicted molar refractivity (Wildman–Crippen MR) is 73.1 cm³/mol. The standard InChI is InChI=1S/C15H21FN2O/c1-18(11-13-4-2-3-5-14(13)16)15(19)7-6-12-8-9-17-10-12/h2-5,12,17H,6-11H2,1H3. The van der Waals surface area contributed by atoms with Crippen molar-refractivity contribution in [3.8, 4) is 0 Å². The Bertz CT molecular complexity index is 430. The molecule has 0 radical (unpaired) electrons. The van der Waals surface area contributed by atoms with Gasteiger partial charge in [0.15, 0.2) is 0 Å². The molecule has 1 saturated heterocycles. The molecule has 2 rings (SSSR count). The van der Waals surface area contributed by atoms with Crippen molar-refractivity contribution in [1.29, 1.82) is 0 Å². The maximum absolute atomic E-state index is 13.5. The van der Waals surface area contributed by atoms with Crippen molar-refractivity contribution >= 4 is 5.91 Å². The van der Waals surface area contributed by atoms with Gasteiger partial charge >= 0.3 is 0 Å². The Labute approximate surface area is 113 Å². The first kappa shape index (κ1) is 14.0. The van der Waals surface area contributed by atoms with Gasteiger partial charge in [-0.05, 0) is 37.9 Å². The van der Waals surface area contributed by atoms with Gasteiger partial charge in [-0.15, -0.1) is 0 Å². The SMILES string of the molecule is CN(Cc1ccccc1F)C(=O)CCC1CCNC1. The second-order valence-corrected chi connectivity index (χ2v) is 5.24. The predicted octanol–water partition coefficient (Wildman–Crippen LogP) is 2.17. The molecule has 104 valence electrons. The number of amides is 1. The first-order chi connectivity index (χ1) is 9.16. The number of benzene rings is 1. The van der Waals surface area contributed by atoms with Crippen molar-refractivity contribution in [2.75, 3.05) is 20.1 Å². The smallest absolute Gasteiger partial charge is 0.222 e. The van der Waals surface area contributed by atoms with Gasteiger partial charge in [0.25, 0.3) is 0 Å². The van der Waals surface area contributed by atoms with Gasteiger partial charge in [0.05, 0.1) is 0 Å². The minimum Gasteiger partial charge on any atom is -0.341 e. The lowest BCUT2D eigenvalue weighted by Crippen LogP contribution is -2.27. The Kier molecular flexibility index (Phi) is 4.91. The number of halogens is 1. The maximum Gasteiger partial charge on any atom is 0.222 e. The van der Waals surface area contributed by atoms with Crippen LogP contribution in [0.15, 0.2) is 24.3 Å². The fourth-order valence-electron chi connectivity index (χ4n) is 2.45. The summed E-state index contributed by atoms with van der Waals surface area (Å²) in [4.78, 5) is 13.6. The van der Waals surface area contributed by atoms with Crippen LogP contribution in [0.2, 0.25) is 0 Å². The molecule has 0 aliphatic carbocycles. The number of nitrogens with zero attached hydrogens (tertiary/aromatic N) is 1. The van der Waals surface area contributed by atoms with Crippen LogP contribution in [-0.4, -0.2) is 30.9 Å². The minimum atomic E-state index is -0.248. The van der Waals surface area contributed by atoms with Crippen molar-refractivity contribution in [3.63, 3.8) is 0 Å². The fourth-order valence-corrected chi connectivity index (χ4v) is 2.45. The van der Waals surface area contributed by atoms with E-state index in [1.165, 1.54) is 6.07 Å². The molecule has 1 aromatic carbocycles. The van der Waals surface area contributed by atoms with E-state index in [4.69, 9.17) is 0 Å². The molecule has 1 aromatic rings. The van der Waals surface area contributed by atoms with E-state index in [2.05, 4.69) is 5.32 Å². The third-order valence-electron chi connectivity index (χ3n) is 3.72. The highest BCUT2D eigenvalue weighted by Crippen LogP contribution is 2.16. The highest BCUT2D eigenvalue weighted by Gasteiger charge is 2.17. The highest BCUT2D eigenvalue weighted by molar-refractivity contribution is 5.75. The molecule has 1 unspecified atom stereocenters. The lowest BCUT2D eigenvalue weighted by Gasteiger charge is -2.18. The van der Waals surface area contributed by atoms with Gasteiger partial charge in [-0.1, -0.05) is 18.2 Å². The van der Waals surface area contributed by atoms with E-state index in [1.807, 2.05) is 0 Å². The van der Waals surface area contributed by atoms with Crippen molar-refractivity contribution in [2.24, 2.45) is 5.92 Å². The third kappa shape index (κ3) is 4.03. The Hall–Kier alpha value is -1.42. The van der Waals surface area contributed by atoms with Gasteiger partial charge in [0.2, 0.25) is 5.91 Å². The summed E-state index contributed by atoms with van der Waals surface area (Å²) in [7, 11) is 1.74. The summed E-state index contributed by atoms with van der Waals surface area (Å²) in [6.45, 7) is 2.42. The van der Waals surface area contributed by atoms with Crippen molar-refractivity contribution in [1.82, 2.24) is 10.2 Å². The van der Waals surface area contributed by atoms with Crippen molar-refractivity contribution < 1.29 is 9.18 Å². The topological polar surface area (TPSA) is 32.3 Å². The lowest BCUT2D eigenvalue weighted by atomic mass is 10.0. The third-order valence-corrected chi connectivity index (χ3v) is 3.72. The number of carbonyl (C=O) groups is 1. The average Bonchev–Trinajstić information content (AvgIpc) is 2.91. The summed E-state index contributed by atoms with van der Waals surface area (Å²) in [5.74, 6) is 0.461. The molecule has 0 aromatic heterocycles. The molecule has 1 aliphatic rings. The Balaban J connectivity index is 1.80. The molecular formula is C15H21FN2O. The highest BCUT2D eigenvalue weighted by atomic mass is 19.1. The second kappa shape index (κ2) is 6.66. The second-order valence-electron chi connectivity index (χ2n) is 5.24. The van der Waals surface area contributed by atoms with Gasteiger partial charge < -0.3 is 10.2 Å². The van der Waals surface area contributed by atoms with E-state index in [1.54, 1.807) is 30.1 Å². The molecule has 0 spiro atoms. The van der Waals surface area contributed by atoms with Crippen LogP contribution in [0.3, 0.4) is 0 Å². The summed E-state index contributed by atoms with van der Waals surface area (Å²) >= 11 is 0. The molecule has 1 atom stereocenters. The summed E-state index contributed by atoms with van der Waals surface area (Å²) < 4.78 is 13.5. The first-order valence-corrected chi connectivity index (χ1v) is 6.85. The Morgan fingerprint density at radius 3 is 2.95 bits per heavy atom. The molecule has 4 heteroatoms. The number of hydrogen-bond acceptors (Lipinski definition) is 2. The van der Waals surface area contributed by atoms with Gasteiger partial charge in [-0.2, -0.15) is 0 Å². The van der Waals surface area contributed by atoms with Crippen LogP contribution in [0.25, 0.3) is 0 Å². The molecular weight excluding hydrogens is 243 g/mol. The molecule has 1 N–H and O–H groups in total. The summed E-state index contributed by atoms with van der Waals surface area (Å²) in [6.07, 6.45) is 2.63.